The van der Waals surface area contributed by atoms with Crippen LogP contribution in [0.25, 0.3) is 0 Å². The second kappa shape index (κ2) is 4.72. The molecule has 5 nitrogen and oxygen atoms in total. The second-order valence-electron chi connectivity index (χ2n) is 5.28. The van der Waals surface area contributed by atoms with Gasteiger partial charge in [0, 0.05) is 32.4 Å². The van der Waals surface area contributed by atoms with E-state index in [0.717, 1.165) is 19.5 Å². The summed E-state index contributed by atoms with van der Waals surface area (Å²) in [6.45, 7) is 4.17. The van der Waals surface area contributed by atoms with Crippen molar-refractivity contribution in [2.75, 3.05) is 26.2 Å². The first-order valence-corrected chi connectivity index (χ1v) is 6.77. The number of rotatable bonds is 2. The third-order valence-electron chi connectivity index (χ3n) is 4.15. The van der Waals surface area contributed by atoms with E-state index in [0.29, 0.717) is 11.7 Å². The normalized spacial score (nSPS) is 24.9. The van der Waals surface area contributed by atoms with Crippen molar-refractivity contribution in [3.05, 3.63) is 18.0 Å². The predicted octanol–water partition coefficient (Wildman–Crippen LogP) is 0.730. The quantitative estimate of drug-likeness (QED) is 0.775. The Morgan fingerprint density at radius 1 is 1.33 bits per heavy atom. The van der Waals surface area contributed by atoms with Crippen LogP contribution in [0.2, 0.25) is 0 Å². The number of aromatic nitrogens is 2. The fourth-order valence-electron chi connectivity index (χ4n) is 3.08. The second-order valence-corrected chi connectivity index (χ2v) is 5.28. The topological polar surface area (TPSA) is 41.4 Å². The summed E-state index contributed by atoms with van der Waals surface area (Å²) in [6.07, 6.45) is 5.42. The molecular weight excluding hydrogens is 228 g/mol. The highest BCUT2D eigenvalue weighted by atomic mass is 16.2. The molecule has 3 rings (SSSR count). The Morgan fingerprint density at radius 2 is 2.11 bits per heavy atom. The van der Waals surface area contributed by atoms with Gasteiger partial charge in [-0.05, 0) is 38.4 Å². The van der Waals surface area contributed by atoms with Crippen LogP contribution >= 0.6 is 0 Å². The van der Waals surface area contributed by atoms with Crippen molar-refractivity contribution in [2.45, 2.75) is 25.3 Å². The van der Waals surface area contributed by atoms with E-state index in [9.17, 15) is 4.79 Å². The van der Waals surface area contributed by atoms with E-state index in [1.807, 2.05) is 11.9 Å². The van der Waals surface area contributed by atoms with Gasteiger partial charge in [0.05, 0.1) is 0 Å². The number of carbonyl (C=O) groups is 1. The number of aryl methyl sites for hydroxylation is 1. The minimum absolute atomic E-state index is 0.122. The van der Waals surface area contributed by atoms with E-state index in [-0.39, 0.29) is 5.91 Å². The molecule has 1 atom stereocenters. The van der Waals surface area contributed by atoms with E-state index in [2.05, 4.69) is 10.00 Å². The zero-order chi connectivity index (χ0) is 12.5. The SMILES string of the molecule is Cn1nccc1C(=O)N1CCC(N2CCCC2)C1. The van der Waals surface area contributed by atoms with Gasteiger partial charge in [0.2, 0.25) is 0 Å². The lowest BCUT2D eigenvalue weighted by atomic mass is 10.2. The lowest BCUT2D eigenvalue weighted by Gasteiger charge is -2.23. The molecule has 98 valence electrons. The summed E-state index contributed by atoms with van der Waals surface area (Å²) in [4.78, 5) is 16.8. The lowest BCUT2D eigenvalue weighted by Crippen LogP contribution is -2.37. The fourth-order valence-corrected chi connectivity index (χ4v) is 3.08. The first-order valence-electron chi connectivity index (χ1n) is 6.77. The van der Waals surface area contributed by atoms with Crippen LogP contribution in [0.3, 0.4) is 0 Å². The maximum absolute atomic E-state index is 12.3. The maximum Gasteiger partial charge on any atom is 0.272 e. The highest BCUT2D eigenvalue weighted by Crippen LogP contribution is 2.21. The highest BCUT2D eigenvalue weighted by molar-refractivity contribution is 5.92. The van der Waals surface area contributed by atoms with Gasteiger partial charge in [-0.25, -0.2) is 0 Å². The molecule has 0 spiro atoms. The third-order valence-corrected chi connectivity index (χ3v) is 4.15. The number of hydrogen-bond acceptors (Lipinski definition) is 3. The Morgan fingerprint density at radius 3 is 2.78 bits per heavy atom. The van der Waals surface area contributed by atoms with Gasteiger partial charge in [-0.2, -0.15) is 5.10 Å². The number of amides is 1. The molecule has 0 saturated carbocycles. The summed E-state index contributed by atoms with van der Waals surface area (Å²) in [6, 6.07) is 2.37. The summed E-state index contributed by atoms with van der Waals surface area (Å²) in [5, 5.41) is 4.06. The summed E-state index contributed by atoms with van der Waals surface area (Å²) >= 11 is 0. The van der Waals surface area contributed by atoms with Crippen molar-refractivity contribution in [1.29, 1.82) is 0 Å². The van der Waals surface area contributed by atoms with Gasteiger partial charge in [-0.1, -0.05) is 0 Å². The van der Waals surface area contributed by atoms with Crippen LogP contribution in [-0.2, 0) is 7.05 Å². The summed E-state index contributed by atoms with van der Waals surface area (Å²) in [5.74, 6) is 0.122. The molecule has 1 aromatic heterocycles. The zero-order valence-corrected chi connectivity index (χ0v) is 10.9. The molecule has 0 N–H and O–H groups in total. The molecule has 2 fully saturated rings. The van der Waals surface area contributed by atoms with Gasteiger partial charge in [-0.15, -0.1) is 0 Å². The molecule has 0 aromatic carbocycles. The largest absolute Gasteiger partial charge is 0.336 e. The smallest absolute Gasteiger partial charge is 0.272 e. The minimum Gasteiger partial charge on any atom is -0.336 e. The van der Waals surface area contributed by atoms with Crippen molar-refractivity contribution in [1.82, 2.24) is 19.6 Å². The minimum atomic E-state index is 0.122. The van der Waals surface area contributed by atoms with Crippen LogP contribution in [0.15, 0.2) is 12.3 Å². The number of nitrogens with zero attached hydrogens (tertiary/aromatic N) is 4. The fraction of sp³-hybridized carbons (Fsp3) is 0.692. The maximum atomic E-state index is 12.3. The molecule has 2 aliphatic heterocycles. The standard InChI is InChI=1S/C13H20N4O/c1-15-12(4-6-14-15)13(18)17-9-5-11(10-17)16-7-2-3-8-16/h4,6,11H,2-3,5,7-10H2,1H3. The molecule has 0 radical (unpaired) electrons. The average molecular weight is 248 g/mol. The molecule has 18 heavy (non-hydrogen) atoms. The van der Waals surface area contributed by atoms with E-state index in [4.69, 9.17) is 0 Å². The first-order chi connectivity index (χ1) is 8.75. The Labute approximate surface area is 107 Å². The summed E-state index contributed by atoms with van der Waals surface area (Å²) in [5.41, 5.74) is 0.692. The van der Waals surface area contributed by atoms with Crippen molar-refractivity contribution in [3.63, 3.8) is 0 Å². The van der Waals surface area contributed by atoms with Gasteiger partial charge in [0.15, 0.2) is 0 Å². The van der Waals surface area contributed by atoms with Crippen molar-refractivity contribution in [3.8, 4) is 0 Å². The van der Waals surface area contributed by atoms with Gasteiger partial charge in [0.25, 0.3) is 5.91 Å². The predicted molar refractivity (Wildman–Crippen MR) is 68.3 cm³/mol. The number of carbonyl (C=O) groups excluding carboxylic acids is 1. The third kappa shape index (κ3) is 2.03. The van der Waals surface area contributed by atoms with Crippen molar-refractivity contribution < 1.29 is 4.79 Å². The van der Waals surface area contributed by atoms with E-state index in [1.165, 1.54) is 25.9 Å². The van der Waals surface area contributed by atoms with Crippen LogP contribution in [0.1, 0.15) is 29.8 Å². The van der Waals surface area contributed by atoms with Crippen LogP contribution in [0, 0.1) is 0 Å². The van der Waals surface area contributed by atoms with Crippen LogP contribution in [-0.4, -0.2) is 57.7 Å². The molecule has 3 heterocycles. The van der Waals surface area contributed by atoms with Crippen LogP contribution in [0.5, 0.6) is 0 Å². The molecule has 0 bridgehead atoms. The Hall–Kier alpha value is -1.36. The molecule has 0 aliphatic carbocycles. The average Bonchev–Trinajstić information content (AvgIpc) is 3.09. The Kier molecular flexibility index (Phi) is 3.07. The Bertz CT molecular complexity index is 436. The Balaban J connectivity index is 1.65. The van der Waals surface area contributed by atoms with Crippen molar-refractivity contribution >= 4 is 5.91 Å². The van der Waals surface area contributed by atoms with Gasteiger partial charge < -0.3 is 4.90 Å². The van der Waals surface area contributed by atoms with E-state index in [1.54, 1.807) is 16.9 Å². The molecule has 2 saturated heterocycles. The lowest BCUT2D eigenvalue weighted by molar-refractivity contribution is 0.0769. The molecule has 1 aromatic rings. The summed E-state index contributed by atoms with van der Waals surface area (Å²) in [7, 11) is 1.82. The van der Waals surface area contributed by atoms with Gasteiger partial charge in [0.1, 0.15) is 5.69 Å². The van der Waals surface area contributed by atoms with E-state index < -0.39 is 0 Å². The molecule has 2 aliphatic rings. The zero-order valence-electron chi connectivity index (χ0n) is 10.9. The van der Waals surface area contributed by atoms with E-state index >= 15 is 0 Å². The molecular formula is C13H20N4O. The van der Waals surface area contributed by atoms with Gasteiger partial charge in [-0.3, -0.25) is 14.4 Å². The highest BCUT2D eigenvalue weighted by Gasteiger charge is 2.32. The first kappa shape index (κ1) is 11.7. The van der Waals surface area contributed by atoms with Gasteiger partial charge >= 0.3 is 0 Å². The number of hydrogen-bond donors (Lipinski definition) is 0. The molecule has 5 heteroatoms. The van der Waals surface area contributed by atoms with Crippen LogP contribution < -0.4 is 0 Å². The van der Waals surface area contributed by atoms with Crippen molar-refractivity contribution in [2.24, 2.45) is 7.05 Å². The van der Waals surface area contributed by atoms with Crippen LogP contribution in [0.4, 0.5) is 0 Å². The molecule has 1 amide bonds. The number of likely N-dealkylation sites (tertiary alicyclic amines) is 2. The monoisotopic (exact) mass is 248 g/mol. The summed E-state index contributed by atoms with van der Waals surface area (Å²) < 4.78 is 1.66. The molecule has 1 unspecified atom stereocenters.